The summed E-state index contributed by atoms with van der Waals surface area (Å²) in [6, 6.07) is 12.6. The van der Waals surface area contributed by atoms with Gasteiger partial charge in [0.05, 0.1) is 10.3 Å². The van der Waals surface area contributed by atoms with Crippen molar-refractivity contribution in [3.05, 3.63) is 69.8 Å². The number of piperidine rings is 1. The molecule has 3 heterocycles. The molecule has 3 aliphatic heterocycles. The predicted molar refractivity (Wildman–Crippen MR) is 149 cm³/mol. The van der Waals surface area contributed by atoms with E-state index in [2.05, 4.69) is 30.1 Å². The molecule has 3 aliphatic rings. The maximum atomic E-state index is 13.3. The molecule has 0 saturated carbocycles. The van der Waals surface area contributed by atoms with E-state index in [9.17, 15) is 20.1 Å². The minimum absolute atomic E-state index is 0.00890. The molecule has 9 heteroatoms. The average Bonchev–Trinajstić information content (AvgIpc) is 3.03. The van der Waals surface area contributed by atoms with Gasteiger partial charge in [-0.2, -0.15) is 0 Å². The van der Waals surface area contributed by atoms with Crippen molar-refractivity contribution in [2.75, 3.05) is 11.4 Å². The first kappa shape index (κ1) is 27.1. The van der Waals surface area contributed by atoms with Crippen molar-refractivity contribution in [2.24, 2.45) is 0 Å². The van der Waals surface area contributed by atoms with Gasteiger partial charge in [-0.15, -0.1) is 10.3 Å². The lowest BCUT2D eigenvalue weighted by molar-refractivity contribution is -0.384. The average molecular weight is 534 g/mol. The highest BCUT2D eigenvalue weighted by molar-refractivity contribution is 5.78. The van der Waals surface area contributed by atoms with Crippen LogP contribution in [0, 0.1) is 10.1 Å². The van der Waals surface area contributed by atoms with Crippen LogP contribution in [0.2, 0.25) is 0 Å². The van der Waals surface area contributed by atoms with Crippen molar-refractivity contribution in [3.63, 3.8) is 0 Å². The molecule has 1 spiro atoms. The molecule has 1 radical (unpaired) electrons. The first-order valence-electron chi connectivity index (χ1n) is 13.5. The van der Waals surface area contributed by atoms with Crippen LogP contribution in [0.4, 0.5) is 11.4 Å². The summed E-state index contributed by atoms with van der Waals surface area (Å²) in [4.78, 5) is 26.3. The number of benzene rings is 2. The zero-order chi connectivity index (χ0) is 28.4. The van der Waals surface area contributed by atoms with E-state index in [-0.39, 0.29) is 24.1 Å². The molecule has 5 rings (SSSR count). The van der Waals surface area contributed by atoms with Gasteiger partial charge in [0.2, 0.25) is 11.6 Å². The lowest BCUT2D eigenvalue weighted by Gasteiger charge is -2.50. The van der Waals surface area contributed by atoms with E-state index < -0.39 is 27.1 Å². The molecule has 0 bridgehead atoms. The zero-order valence-corrected chi connectivity index (χ0v) is 23.5. The lowest BCUT2D eigenvalue weighted by atomic mass is 9.76. The van der Waals surface area contributed by atoms with Gasteiger partial charge in [-0.05, 0) is 84.2 Å². The SMILES string of the molecule is CC1(C)CC(NC(=O)CCN2c3ccccc3C(C)(C)C23C=Cc2cc([N+](=O)[O-])ccc2O3)CC(C)(C)N1[O]. The molecule has 207 valence electrons. The summed E-state index contributed by atoms with van der Waals surface area (Å²) in [5, 5.41) is 28.4. The van der Waals surface area contributed by atoms with Crippen LogP contribution in [-0.2, 0) is 15.4 Å². The number of rotatable bonds is 5. The molecule has 1 unspecified atom stereocenters. The van der Waals surface area contributed by atoms with Gasteiger partial charge < -0.3 is 15.0 Å². The molecular weight excluding hydrogens is 496 g/mol. The number of carbonyl (C=O) groups is 1. The molecular formula is C30H37N4O5. The molecule has 0 aliphatic carbocycles. The van der Waals surface area contributed by atoms with Gasteiger partial charge in [-0.3, -0.25) is 14.9 Å². The number of nitrogens with zero attached hydrogens (tertiary/aromatic N) is 3. The Bertz CT molecular complexity index is 1330. The van der Waals surface area contributed by atoms with E-state index in [0.717, 1.165) is 16.3 Å². The van der Waals surface area contributed by atoms with Crippen LogP contribution >= 0.6 is 0 Å². The third-order valence-electron chi connectivity index (χ3n) is 8.64. The fourth-order valence-electron chi connectivity index (χ4n) is 6.87. The molecule has 9 nitrogen and oxygen atoms in total. The largest absolute Gasteiger partial charge is 0.463 e. The number of hydroxylamine groups is 2. The smallest absolute Gasteiger partial charge is 0.270 e. The predicted octanol–water partition coefficient (Wildman–Crippen LogP) is 5.37. The molecule has 2 aromatic rings. The van der Waals surface area contributed by atoms with E-state index in [1.165, 1.54) is 12.1 Å². The second kappa shape index (κ2) is 9.06. The van der Waals surface area contributed by atoms with Crippen LogP contribution in [0.5, 0.6) is 5.75 Å². The second-order valence-electron chi connectivity index (χ2n) is 12.7. The molecule has 0 aromatic heterocycles. The van der Waals surface area contributed by atoms with Crippen LogP contribution in [0.1, 0.15) is 71.9 Å². The Hall–Kier alpha value is -3.43. The summed E-state index contributed by atoms with van der Waals surface area (Å²) in [5.74, 6) is 0.492. The fraction of sp³-hybridized carbons (Fsp3) is 0.500. The summed E-state index contributed by atoms with van der Waals surface area (Å²) in [6.45, 7) is 12.3. The highest BCUT2D eigenvalue weighted by Gasteiger charge is 2.58. The number of anilines is 1. The number of nitro benzene ring substituents is 1. The van der Waals surface area contributed by atoms with Gasteiger partial charge in [0.15, 0.2) is 0 Å². The Morgan fingerprint density at radius 1 is 1.08 bits per heavy atom. The minimum atomic E-state index is -0.919. The molecule has 1 fully saturated rings. The Kier molecular flexibility index (Phi) is 6.31. The van der Waals surface area contributed by atoms with Crippen LogP contribution in [0.25, 0.3) is 6.08 Å². The number of hydrogen-bond donors (Lipinski definition) is 1. The number of amides is 1. The number of ether oxygens (including phenoxy) is 1. The Balaban J connectivity index is 1.40. The van der Waals surface area contributed by atoms with Gasteiger partial charge in [0, 0.05) is 53.5 Å². The van der Waals surface area contributed by atoms with Crippen LogP contribution in [-0.4, -0.2) is 45.3 Å². The van der Waals surface area contributed by atoms with E-state index in [4.69, 9.17) is 4.74 Å². The molecule has 1 amide bonds. The summed E-state index contributed by atoms with van der Waals surface area (Å²) < 4.78 is 6.72. The van der Waals surface area contributed by atoms with Crippen LogP contribution in [0.3, 0.4) is 0 Å². The topological polar surface area (TPSA) is 108 Å². The Labute approximate surface area is 229 Å². The minimum Gasteiger partial charge on any atom is -0.463 e. The lowest BCUT2D eigenvalue weighted by Crippen LogP contribution is -2.62. The maximum Gasteiger partial charge on any atom is 0.270 e. The summed E-state index contributed by atoms with van der Waals surface area (Å²) in [7, 11) is 0. The summed E-state index contributed by atoms with van der Waals surface area (Å²) >= 11 is 0. The number of non-ortho nitro benzene ring substituents is 1. The van der Waals surface area contributed by atoms with Crippen molar-refractivity contribution in [1.82, 2.24) is 10.4 Å². The number of nitrogens with one attached hydrogen (secondary N) is 1. The maximum absolute atomic E-state index is 13.3. The van der Waals surface area contributed by atoms with Crippen LogP contribution < -0.4 is 15.0 Å². The van der Waals surface area contributed by atoms with E-state index in [1.54, 1.807) is 6.07 Å². The third-order valence-corrected chi connectivity index (χ3v) is 8.64. The highest BCUT2D eigenvalue weighted by atomic mass is 16.6. The Morgan fingerprint density at radius 2 is 1.74 bits per heavy atom. The molecule has 1 atom stereocenters. The zero-order valence-electron chi connectivity index (χ0n) is 23.5. The first-order valence-corrected chi connectivity index (χ1v) is 13.5. The van der Waals surface area contributed by atoms with Crippen molar-refractivity contribution in [2.45, 2.75) is 89.1 Å². The van der Waals surface area contributed by atoms with Crippen molar-refractivity contribution in [3.8, 4) is 5.75 Å². The third kappa shape index (κ3) is 4.37. The molecule has 39 heavy (non-hydrogen) atoms. The first-order chi connectivity index (χ1) is 18.2. The number of hydrogen-bond acceptors (Lipinski definition) is 6. The fourth-order valence-corrected chi connectivity index (χ4v) is 6.87. The van der Waals surface area contributed by atoms with E-state index in [0.29, 0.717) is 30.7 Å². The standard InChI is InChI=1S/C30H37N4O5/c1-27(2)18-21(19-28(3,4)34(27)38)31-26(35)14-16-32-24-10-8-7-9-23(24)29(5,6)30(32)15-13-20-17-22(33(36)37)11-12-25(20)39-30/h7-13,15,17,21H,14,16,18-19H2,1-6H3,(H,31,35). The van der Waals surface area contributed by atoms with Gasteiger partial charge >= 0.3 is 0 Å². The van der Waals surface area contributed by atoms with Gasteiger partial charge in [0.25, 0.3) is 5.69 Å². The quantitative estimate of drug-likeness (QED) is 0.409. The van der Waals surface area contributed by atoms with E-state index in [1.807, 2.05) is 58.0 Å². The number of nitro groups is 1. The summed E-state index contributed by atoms with van der Waals surface area (Å²) in [6.07, 6.45) is 5.27. The van der Waals surface area contributed by atoms with E-state index >= 15 is 0 Å². The highest BCUT2D eigenvalue weighted by Crippen LogP contribution is 2.55. The van der Waals surface area contributed by atoms with Crippen molar-refractivity contribution < 1.29 is 19.7 Å². The second-order valence-corrected chi connectivity index (χ2v) is 12.7. The van der Waals surface area contributed by atoms with Gasteiger partial charge in [-0.25, -0.2) is 0 Å². The van der Waals surface area contributed by atoms with Crippen molar-refractivity contribution >= 4 is 23.4 Å². The Morgan fingerprint density at radius 3 is 2.41 bits per heavy atom. The summed E-state index contributed by atoms with van der Waals surface area (Å²) in [5.41, 5.74) is 0.224. The molecule has 2 aromatic carbocycles. The number of para-hydroxylation sites is 1. The molecule has 1 saturated heterocycles. The van der Waals surface area contributed by atoms with Crippen LogP contribution in [0.15, 0.2) is 48.5 Å². The van der Waals surface area contributed by atoms with Gasteiger partial charge in [0.1, 0.15) is 5.75 Å². The van der Waals surface area contributed by atoms with Gasteiger partial charge in [-0.1, -0.05) is 18.2 Å². The monoisotopic (exact) mass is 533 g/mol. The van der Waals surface area contributed by atoms with Crippen molar-refractivity contribution in [1.29, 1.82) is 0 Å². The number of fused-ring (bicyclic) bond motifs is 2. The number of carbonyl (C=O) groups excluding carboxylic acids is 1. The molecule has 1 N–H and O–H groups in total. The normalized spacial score (nSPS) is 24.6.